The number of benzene rings is 1. The van der Waals surface area contributed by atoms with Crippen LogP contribution in [0, 0.1) is 5.92 Å². The van der Waals surface area contributed by atoms with Crippen molar-refractivity contribution in [1.29, 1.82) is 0 Å². The Labute approximate surface area is 116 Å². The first kappa shape index (κ1) is 11.4. The topological polar surface area (TPSA) is 32.3 Å². The van der Waals surface area contributed by atoms with Crippen molar-refractivity contribution in [2.24, 2.45) is 5.92 Å². The van der Waals surface area contributed by atoms with Crippen LogP contribution in [0.3, 0.4) is 0 Å². The fourth-order valence-electron chi connectivity index (χ4n) is 3.31. The predicted octanol–water partition coefficient (Wildman–Crippen LogP) is 2.34. The van der Waals surface area contributed by atoms with Crippen LogP contribution in [0.4, 0.5) is 0 Å². The van der Waals surface area contributed by atoms with Crippen LogP contribution < -0.4 is 5.32 Å². The number of rotatable bonds is 2. The second-order valence-corrected chi connectivity index (χ2v) is 6.51. The maximum absolute atomic E-state index is 12.3. The highest BCUT2D eigenvalue weighted by atomic mass is 32.1. The lowest BCUT2D eigenvalue weighted by Crippen LogP contribution is -2.43. The molecule has 1 aromatic heterocycles. The Morgan fingerprint density at radius 2 is 2.26 bits per heavy atom. The van der Waals surface area contributed by atoms with Gasteiger partial charge in [0, 0.05) is 29.4 Å². The number of carbonyl (C=O) groups is 1. The molecule has 2 bridgehead atoms. The lowest BCUT2D eigenvalue weighted by Gasteiger charge is -2.23. The first-order valence-electron chi connectivity index (χ1n) is 6.80. The molecule has 2 aliphatic rings. The monoisotopic (exact) mass is 272 g/mol. The fourth-order valence-corrected chi connectivity index (χ4v) is 4.08. The average Bonchev–Trinajstić information content (AvgIpc) is 3.13. The van der Waals surface area contributed by atoms with Crippen molar-refractivity contribution in [3.63, 3.8) is 0 Å². The molecule has 2 fully saturated rings. The van der Waals surface area contributed by atoms with Crippen LogP contribution in [0.1, 0.15) is 16.8 Å². The Kier molecular flexibility index (Phi) is 2.60. The molecular weight excluding hydrogens is 256 g/mol. The summed E-state index contributed by atoms with van der Waals surface area (Å²) < 4.78 is 1.24. The Bertz CT molecular complexity index is 636. The summed E-state index contributed by atoms with van der Waals surface area (Å²) in [6.45, 7) is 3.39. The lowest BCUT2D eigenvalue weighted by atomic mass is 9.99. The Balaban J connectivity index is 1.53. The maximum Gasteiger partial charge on any atom is 0.251 e. The van der Waals surface area contributed by atoms with Gasteiger partial charge in [-0.25, -0.2) is 0 Å². The van der Waals surface area contributed by atoms with Gasteiger partial charge in [-0.05, 0) is 53.9 Å². The minimum Gasteiger partial charge on any atom is -0.348 e. The molecule has 0 saturated carbocycles. The molecule has 2 aromatic rings. The van der Waals surface area contributed by atoms with Crippen molar-refractivity contribution < 1.29 is 4.79 Å². The zero-order valence-corrected chi connectivity index (χ0v) is 11.5. The Morgan fingerprint density at radius 3 is 3.05 bits per heavy atom. The number of piperidine rings is 1. The van der Waals surface area contributed by atoms with Crippen molar-refractivity contribution in [3.8, 4) is 0 Å². The third-order valence-corrected chi connectivity index (χ3v) is 5.26. The van der Waals surface area contributed by atoms with E-state index >= 15 is 0 Å². The number of hydrogen-bond acceptors (Lipinski definition) is 3. The average molecular weight is 272 g/mol. The molecule has 3 nitrogen and oxygen atoms in total. The second kappa shape index (κ2) is 4.32. The van der Waals surface area contributed by atoms with E-state index in [1.54, 1.807) is 11.3 Å². The van der Waals surface area contributed by atoms with Crippen LogP contribution >= 0.6 is 11.3 Å². The van der Waals surface area contributed by atoms with Gasteiger partial charge >= 0.3 is 0 Å². The summed E-state index contributed by atoms with van der Waals surface area (Å²) in [5.41, 5.74) is 0.781. The standard InChI is InChI=1S/C15H16N2OS/c18-15(16-13-9-17-5-3-12(13)8-17)11-1-2-14-10(7-11)4-6-19-14/h1-2,4,6-7,12-13H,3,5,8-9H2,(H,16,18)/t12-,13?/m1/s1. The van der Waals surface area contributed by atoms with Gasteiger partial charge in [-0.2, -0.15) is 0 Å². The van der Waals surface area contributed by atoms with Gasteiger partial charge in [0.05, 0.1) is 0 Å². The predicted molar refractivity (Wildman–Crippen MR) is 77.6 cm³/mol. The molecule has 3 heterocycles. The SMILES string of the molecule is O=C(NC1CN2CC[C@@H]1C2)c1ccc2sccc2c1. The third kappa shape index (κ3) is 1.95. The number of nitrogens with zero attached hydrogens (tertiary/aromatic N) is 1. The molecule has 1 aromatic carbocycles. The second-order valence-electron chi connectivity index (χ2n) is 5.56. The molecule has 0 aliphatic carbocycles. The van der Waals surface area contributed by atoms with Crippen molar-refractivity contribution in [2.45, 2.75) is 12.5 Å². The van der Waals surface area contributed by atoms with E-state index in [-0.39, 0.29) is 5.91 Å². The van der Waals surface area contributed by atoms with Gasteiger partial charge in [-0.1, -0.05) is 0 Å². The van der Waals surface area contributed by atoms with Gasteiger partial charge in [0.2, 0.25) is 0 Å². The summed E-state index contributed by atoms with van der Waals surface area (Å²) in [5.74, 6) is 0.737. The summed E-state index contributed by atoms with van der Waals surface area (Å²) in [6, 6.07) is 8.38. The summed E-state index contributed by atoms with van der Waals surface area (Å²) >= 11 is 1.71. The molecule has 19 heavy (non-hydrogen) atoms. The highest BCUT2D eigenvalue weighted by molar-refractivity contribution is 7.17. The molecule has 0 radical (unpaired) electrons. The van der Waals surface area contributed by atoms with Crippen LogP contribution in [0.2, 0.25) is 0 Å². The van der Waals surface area contributed by atoms with Gasteiger partial charge < -0.3 is 10.2 Å². The molecule has 98 valence electrons. The van der Waals surface area contributed by atoms with Crippen molar-refractivity contribution in [3.05, 3.63) is 35.2 Å². The lowest BCUT2D eigenvalue weighted by molar-refractivity contribution is 0.0924. The Hall–Kier alpha value is -1.39. The zero-order valence-electron chi connectivity index (χ0n) is 10.6. The summed E-state index contributed by atoms with van der Waals surface area (Å²) in [7, 11) is 0. The number of hydrogen-bond donors (Lipinski definition) is 1. The molecule has 2 saturated heterocycles. The van der Waals surface area contributed by atoms with Crippen LogP contribution in [0.5, 0.6) is 0 Å². The number of thiophene rings is 1. The number of amides is 1. The number of fused-ring (bicyclic) bond motifs is 3. The van der Waals surface area contributed by atoms with E-state index in [0.29, 0.717) is 12.0 Å². The van der Waals surface area contributed by atoms with E-state index in [2.05, 4.69) is 21.7 Å². The maximum atomic E-state index is 12.3. The van der Waals surface area contributed by atoms with E-state index in [1.165, 1.54) is 17.7 Å². The largest absolute Gasteiger partial charge is 0.348 e. The first-order valence-corrected chi connectivity index (χ1v) is 7.68. The van der Waals surface area contributed by atoms with E-state index in [0.717, 1.165) is 24.0 Å². The van der Waals surface area contributed by atoms with Gasteiger partial charge in [0.1, 0.15) is 0 Å². The van der Waals surface area contributed by atoms with Gasteiger partial charge in [-0.3, -0.25) is 4.79 Å². The van der Waals surface area contributed by atoms with Gasteiger partial charge in [-0.15, -0.1) is 11.3 Å². The first-order chi connectivity index (χ1) is 9.29. The quantitative estimate of drug-likeness (QED) is 0.910. The molecule has 1 amide bonds. The van der Waals surface area contributed by atoms with Crippen LogP contribution in [0.15, 0.2) is 29.6 Å². The van der Waals surface area contributed by atoms with Gasteiger partial charge in [0.25, 0.3) is 5.91 Å². The molecule has 3 atom stereocenters. The smallest absolute Gasteiger partial charge is 0.251 e. The van der Waals surface area contributed by atoms with Crippen molar-refractivity contribution >= 4 is 27.3 Å². The summed E-state index contributed by atoms with van der Waals surface area (Å²) in [4.78, 5) is 14.8. The van der Waals surface area contributed by atoms with Crippen molar-refractivity contribution in [2.75, 3.05) is 19.6 Å². The third-order valence-electron chi connectivity index (χ3n) is 4.36. The summed E-state index contributed by atoms with van der Waals surface area (Å²) in [6.07, 6.45) is 1.23. The van der Waals surface area contributed by atoms with Crippen LogP contribution in [-0.4, -0.2) is 36.5 Å². The highest BCUT2D eigenvalue weighted by Gasteiger charge is 2.38. The van der Waals surface area contributed by atoms with Crippen LogP contribution in [-0.2, 0) is 0 Å². The van der Waals surface area contributed by atoms with Crippen LogP contribution in [0.25, 0.3) is 10.1 Å². The molecule has 2 unspecified atom stereocenters. The Morgan fingerprint density at radius 1 is 1.32 bits per heavy atom. The van der Waals surface area contributed by atoms with E-state index < -0.39 is 0 Å². The number of nitrogens with one attached hydrogen (secondary N) is 1. The van der Waals surface area contributed by atoms with Crippen molar-refractivity contribution in [1.82, 2.24) is 10.2 Å². The summed E-state index contributed by atoms with van der Waals surface area (Å²) in [5, 5.41) is 6.43. The molecule has 0 spiro atoms. The van der Waals surface area contributed by atoms with E-state index in [1.807, 2.05) is 18.2 Å². The van der Waals surface area contributed by atoms with Gasteiger partial charge in [0.15, 0.2) is 0 Å². The fraction of sp³-hybridized carbons (Fsp3) is 0.400. The molecular formula is C15H16N2OS. The normalized spacial score (nSPS) is 28.9. The van der Waals surface area contributed by atoms with E-state index in [4.69, 9.17) is 0 Å². The molecule has 4 heteroatoms. The highest BCUT2D eigenvalue weighted by Crippen LogP contribution is 2.28. The zero-order chi connectivity index (χ0) is 12.8. The molecule has 2 aliphatic heterocycles. The minimum absolute atomic E-state index is 0.0758. The number of carbonyl (C=O) groups excluding carboxylic acids is 1. The van der Waals surface area contributed by atoms with E-state index in [9.17, 15) is 4.79 Å². The molecule has 4 rings (SSSR count). The minimum atomic E-state index is 0.0758. The molecule has 1 N–H and O–H groups in total.